The summed E-state index contributed by atoms with van der Waals surface area (Å²) >= 11 is 0. The van der Waals surface area contributed by atoms with E-state index in [9.17, 15) is 4.79 Å². The van der Waals surface area contributed by atoms with Crippen LogP contribution in [0.3, 0.4) is 0 Å². The summed E-state index contributed by atoms with van der Waals surface area (Å²) in [7, 11) is 0. The van der Waals surface area contributed by atoms with E-state index in [1.165, 1.54) is 0 Å². The van der Waals surface area contributed by atoms with Crippen molar-refractivity contribution in [1.82, 2.24) is 5.32 Å². The third-order valence-electron chi connectivity index (χ3n) is 2.19. The molecule has 0 aliphatic heterocycles. The van der Waals surface area contributed by atoms with Crippen molar-refractivity contribution < 1.29 is 4.79 Å². The number of amides is 2. The van der Waals surface area contributed by atoms with E-state index < -0.39 is 6.03 Å². The predicted octanol–water partition coefficient (Wildman–Crippen LogP) is 2.35. The minimum absolute atomic E-state index is 0.288. The fourth-order valence-electron chi connectivity index (χ4n) is 1.74. The Bertz CT molecular complexity index is 201. The fourth-order valence-corrected chi connectivity index (χ4v) is 1.74. The molecule has 0 aromatic heterocycles. The number of hydrogen-bond acceptors (Lipinski definition) is 1. The van der Waals surface area contributed by atoms with Crippen LogP contribution in [0.25, 0.3) is 0 Å². The molecule has 0 aromatic rings. The summed E-state index contributed by atoms with van der Waals surface area (Å²) in [4.78, 5) is 10.9. The first-order chi connectivity index (χ1) is 6.60. The molecule has 80 valence electrons. The van der Waals surface area contributed by atoms with Gasteiger partial charge in [-0.3, -0.25) is 0 Å². The van der Waals surface area contributed by atoms with E-state index in [1.807, 2.05) is 0 Å². The zero-order valence-electron chi connectivity index (χ0n) is 8.88. The van der Waals surface area contributed by atoms with E-state index in [2.05, 4.69) is 25.4 Å². The molecular weight excluding hydrogens is 176 g/mol. The van der Waals surface area contributed by atoms with Gasteiger partial charge in [0.1, 0.15) is 0 Å². The Balaban J connectivity index is 4.60. The lowest BCUT2D eigenvalue weighted by molar-refractivity contribution is 0.228. The normalized spacial score (nSPS) is 10.6. The van der Waals surface area contributed by atoms with Crippen LogP contribution in [0.4, 0.5) is 4.79 Å². The predicted molar refractivity (Wildman–Crippen MR) is 60.0 cm³/mol. The van der Waals surface area contributed by atoms with Crippen molar-refractivity contribution in [3.63, 3.8) is 0 Å². The minimum Gasteiger partial charge on any atom is -0.352 e. The van der Waals surface area contributed by atoms with Gasteiger partial charge in [-0.05, 0) is 19.3 Å². The van der Waals surface area contributed by atoms with E-state index in [0.29, 0.717) is 0 Å². The molecule has 14 heavy (non-hydrogen) atoms. The number of carbonyl (C=O) groups excluding carboxylic acids is 1. The van der Waals surface area contributed by atoms with Crippen LogP contribution in [0.2, 0.25) is 0 Å². The zero-order valence-corrected chi connectivity index (χ0v) is 8.88. The highest BCUT2D eigenvalue weighted by atomic mass is 16.2. The molecule has 0 atom stereocenters. The Hall–Kier alpha value is -1.25. The van der Waals surface area contributed by atoms with Crippen LogP contribution in [0.1, 0.15) is 32.6 Å². The Kier molecular flexibility index (Phi) is 5.68. The third kappa shape index (κ3) is 4.12. The van der Waals surface area contributed by atoms with Gasteiger partial charge in [-0.25, -0.2) is 4.79 Å². The van der Waals surface area contributed by atoms with Gasteiger partial charge in [0.25, 0.3) is 0 Å². The second-order valence-corrected chi connectivity index (χ2v) is 3.51. The maximum absolute atomic E-state index is 10.9. The number of hydrogen-bond donors (Lipinski definition) is 2. The molecule has 0 fully saturated rings. The Labute approximate surface area is 86.1 Å². The van der Waals surface area contributed by atoms with Crippen LogP contribution < -0.4 is 11.1 Å². The summed E-state index contributed by atoms with van der Waals surface area (Å²) in [5.41, 5.74) is 4.86. The molecule has 0 saturated carbocycles. The van der Waals surface area contributed by atoms with Crippen LogP contribution in [-0.2, 0) is 0 Å². The summed E-state index contributed by atoms with van der Waals surface area (Å²) in [6, 6.07) is -0.484. The molecule has 0 aliphatic rings. The number of rotatable bonds is 7. The van der Waals surface area contributed by atoms with Crippen molar-refractivity contribution in [2.75, 3.05) is 0 Å². The lowest BCUT2D eigenvalue weighted by Crippen LogP contribution is -2.50. The molecule has 0 aromatic carbocycles. The quantitative estimate of drug-likeness (QED) is 0.603. The standard InChI is InChI=1S/C11H20N2O/c1-4-7-11(8-5-2,9-6-3)13-10(12)14/h4-5H,1-2,6-9H2,3H3,(H3,12,13,14). The molecule has 2 amide bonds. The number of nitrogens with one attached hydrogen (secondary N) is 1. The SMILES string of the molecule is C=CCC(CC=C)(CCC)NC(N)=O. The summed E-state index contributed by atoms with van der Waals surface area (Å²) < 4.78 is 0. The lowest BCUT2D eigenvalue weighted by atomic mass is 9.86. The first kappa shape index (κ1) is 12.8. The molecule has 0 aliphatic carbocycles. The van der Waals surface area contributed by atoms with Gasteiger partial charge in [-0.2, -0.15) is 0 Å². The maximum atomic E-state index is 10.9. The van der Waals surface area contributed by atoms with Crippen molar-refractivity contribution in [3.8, 4) is 0 Å². The number of urea groups is 1. The highest BCUT2D eigenvalue weighted by Crippen LogP contribution is 2.22. The van der Waals surface area contributed by atoms with Gasteiger partial charge in [0.05, 0.1) is 0 Å². The van der Waals surface area contributed by atoms with Crippen molar-refractivity contribution in [1.29, 1.82) is 0 Å². The molecule has 0 radical (unpaired) electrons. The Morgan fingerprint density at radius 2 is 1.93 bits per heavy atom. The average Bonchev–Trinajstić information content (AvgIpc) is 2.03. The Morgan fingerprint density at radius 1 is 1.43 bits per heavy atom. The molecule has 0 heterocycles. The van der Waals surface area contributed by atoms with E-state index in [4.69, 9.17) is 5.73 Å². The van der Waals surface area contributed by atoms with Crippen LogP contribution in [-0.4, -0.2) is 11.6 Å². The smallest absolute Gasteiger partial charge is 0.312 e. The van der Waals surface area contributed by atoms with E-state index in [1.54, 1.807) is 12.2 Å². The number of carbonyl (C=O) groups is 1. The fraction of sp³-hybridized carbons (Fsp3) is 0.545. The first-order valence-electron chi connectivity index (χ1n) is 4.89. The van der Waals surface area contributed by atoms with Gasteiger partial charge in [-0.15, -0.1) is 13.2 Å². The summed E-state index contributed by atoms with van der Waals surface area (Å²) in [6.07, 6.45) is 6.91. The highest BCUT2D eigenvalue weighted by molar-refractivity contribution is 5.72. The van der Waals surface area contributed by atoms with Crippen LogP contribution in [0.5, 0.6) is 0 Å². The van der Waals surface area contributed by atoms with Crippen LogP contribution in [0.15, 0.2) is 25.3 Å². The second-order valence-electron chi connectivity index (χ2n) is 3.51. The van der Waals surface area contributed by atoms with E-state index >= 15 is 0 Å². The van der Waals surface area contributed by atoms with Crippen LogP contribution >= 0.6 is 0 Å². The Morgan fingerprint density at radius 3 is 2.21 bits per heavy atom. The summed E-state index contributed by atoms with van der Waals surface area (Å²) in [5.74, 6) is 0. The summed E-state index contributed by atoms with van der Waals surface area (Å²) in [6.45, 7) is 9.45. The van der Waals surface area contributed by atoms with Gasteiger partial charge >= 0.3 is 6.03 Å². The molecule has 0 spiro atoms. The van der Waals surface area contributed by atoms with Crippen molar-refractivity contribution in [3.05, 3.63) is 25.3 Å². The van der Waals surface area contributed by atoms with Gasteiger partial charge in [-0.1, -0.05) is 25.5 Å². The number of nitrogens with two attached hydrogens (primary N) is 1. The molecule has 3 nitrogen and oxygen atoms in total. The third-order valence-corrected chi connectivity index (χ3v) is 2.19. The topological polar surface area (TPSA) is 55.1 Å². The zero-order chi connectivity index (χ0) is 11.0. The lowest BCUT2D eigenvalue weighted by Gasteiger charge is -2.32. The molecule has 0 saturated heterocycles. The first-order valence-corrected chi connectivity index (χ1v) is 4.89. The highest BCUT2D eigenvalue weighted by Gasteiger charge is 2.27. The molecule has 0 rings (SSSR count). The van der Waals surface area contributed by atoms with Gasteiger partial charge in [0.15, 0.2) is 0 Å². The van der Waals surface area contributed by atoms with E-state index in [-0.39, 0.29) is 5.54 Å². The minimum atomic E-state index is -0.484. The molecule has 0 unspecified atom stereocenters. The number of primary amides is 1. The van der Waals surface area contributed by atoms with Gasteiger partial charge < -0.3 is 11.1 Å². The second kappa shape index (κ2) is 6.24. The summed E-state index contributed by atoms with van der Waals surface area (Å²) in [5, 5.41) is 2.79. The van der Waals surface area contributed by atoms with Crippen LogP contribution in [0, 0.1) is 0 Å². The monoisotopic (exact) mass is 196 g/mol. The average molecular weight is 196 g/mol. The molecular formula is C11H20N2O. The van der Waals surface area contributed by atoms with Gasteiger partial charge in [0.2, 0.25) is 0 Å². The van der Waals surface area contributed by atoms with Crippen molar-refractivity contribution in [2.24, 2.45) is 5.73 Å². The van der Waals surface area contributed by atoms with Crippen molar-refractivity contribution in [2.45, 2.75) is 38.1 Å². The maximum Gasteiger partial charge on any atom is 0.312 e. The van der Waals surface area contributed by atoms with E-state index in [0.717, 1.165) is 25.7 Å². The molecule has 3 heteroatoms. The van der Waals surface area contributed by atoms with Crippen molar-refractivity contribution >= 4 is 6.03 Å². The molecule has 3 N–H and O–H groups in total. The van der Waals surface area contributed by atoms with Gasteiger partial charge in [0, 0.05) is 5.54 Å². The molecule has 0 bridgehead atoms. The largest absolute Gasteiger partial charge is 0.352 e.